The van der Waals surface area contributed by atoms with Crippen molar-refractivity contribution in [2.24, 2.45) is 5.73 Å². The van der Waals surface area contributed by atoms with Crippen LogP contribution < -0.4 is 10.5 Å². The van der Waals surface area contributed by atoms with Crippen molar-refractivity contribution in [1.82, 2.24) is 0 Å². The number of hydrogen-bond acceptors (Lipinski definition) is 3. The van der Waals surface area contributed by atoms with Crippen molar-refractivity contribution in [3.63, 3.8) is 0 Å². The summed E-state index contributed by atoms with van der Waals surface area (Å²) in [5.74, 6) is 0.863. The van der Waals surface area contributed by atoms with Crippen molar-refractivity contribution in [3.8, 4) is 5.75 Å². The third-order valence-electron chi connectivity index (χ3n) is 2.17. The zero-order valence-corrected chi connectivity index (χ0v) is 11.1. The number of nitrogens with two attached hydrogens (primary N) is 1. The summed E-state index contributed by atoms with van der Waals surface area (Å²) in [6, 6.07) is 7.79. The third-order valence-corrected chi connectivity index (χ3v) is 2.66. The van der Waals surface area contributed by atoms with Gasteiger partial charge in [0, 0.05) is 24.0 Å². The number of rotatable bonds is 7. The van der Waals surface area contributed by atoms with Gasteiger partial charge in [-0.3, -0.25) is 0 Å². The normalized spacial score (nSPS) is 12.4. The van der Waals surface area contributed by atoms with E-state index in [2.05, 4.69) is 15.9 Å². The SMILES string of the molecule is CCOC(CN)CCOc1cccc(Br)c1. The highest BCUT2D eigenvalue weighted by Crippen LogP contribution is 2.17. The first kappa shape index (κ1) is 13.5. The van der Waals surface area contributed by atoms with E-state index in [0.717, 1.165) is 16.6 Å². The fraction of sp³-hybridized carbons (Fsp3) is 0.500. The molecule has 0 bridgehead atoms. The van der Waals surface area contributed by atoms with Crippen LogP contribution in [0.5, 0.6) is 5.75 Å². The van der Waals surface area contributed by atoms with E-state index in [1.807, 2.05) is 31.2 Å². The molecule has 4 heteroatoms. The Bertz CT molecular complexity index is 307. The molecular formula is C12H18BrNO2. The molecule has 1 aromatic carbocycles. The van der Waals surface area contributed by atoms with Crippen LogP contribution in [0.1, 0.15) is 13.3 Å². The molecule has 1 aromatic rings. The molecule has 0 aromatic heterocycles. The second kappa shape index (κ2) is 7.65. The zero-order chi connectivity index (χ0) is 11.8. The van der Waals surface area contributed by atoms with Gasteiger partial charge >= 0.3 is 0 Å². The highest BCUT2D eigenvalue weighted by molar-refractivity contribution is 9.10. The molecule has 1 unspecified atom stereocenters. The predicted molar refractivity (Wildman–Crippen MR) is 68.7 cm³/mol. The van der Waals surface area contributed by atoms with Crippen LogP contribution in [0.25, 0.3) is 0 Å². The Kier molecular flexibility index (Phi) is 6.45. The number of hydrogen-bond donors (Lipinski definition) is 1. The first-order valence-corrected chi connectivity index (χ1v) is 6.25. The molecule has 16 heavy (non-hydrogen) atoms. The Labute approximate surface area is 105 Å². The molecule has 0 aliphatic carbocycles. The second-order valence-corrected chi connectivity index (χ2v) is 4.32. The lowest BCUT2D eigenvalue weighted by Crippen LogP contribution is -2.25. The molecule has 0 radical (unpaired) electrons. The number of ether oxygens (including phenoxy) is 2. The molecule has 0 spiro atoms. The Morgan fingerprint density at radius 2 is 2.25 bits per heavy atom. The molecule has 0 fully saturated rings. The van der Waals surface area contributed by atoms with Gasteiger partial charge in [-0.05, 0) is 25.1 Å². The molecule has 90 valence electrons. The molecule has 0 heterocycles. The largest absolute Gasteiger partial charge is 0.493 e. The van der Waals surface area contributed by atoms with E-state index in [9.17, 15) is 0 Å². The topological polar surface area (TPSA) is 44.5 Å². The van der Waals surface area contributed by atoms with Crippen molar-refractivity contribution in [3.05, 3.63) is 28.7 Å². The monoisotopic (exact) mass is 287 g/mol. The number of halogens is 1. The second-order valence-electron chi connectivity index (χ2n) is 3.41. The maximum atomic E-state index is 5.60. The molecule has 0 saturated heterocycles. The summed E-state index contributed by atoms with van der Waals surface area (Å²) in [5, 5.41) is 0. The van der Waals surface area contributed by atoms with Gasteiger partial charge in [-0.25, -0.2) is 0 Å². The first-order chi connectivity index (χ1) is 7.76. The van der Waals surface area contributed by atoms with E-state index in [1.54, 1.807) is 0 Å². The van der Waals surface area contributed by atoms with E-state index in [-0.39, 0.29) is 6.10 Å². The maximum Gasteiger partial charge on any atom is 0.120 e. The van der Waals surface area contributed by atoms with Gasteiger partial charge in [-0.1, -0.05) is 22.0 Å². The third kappa shape index (κ3) is 4.96. The van der Waals surface area contributed by atoms with Crippen molar-refractivity contribution >= 4 is 15.9 Å². The van der Waals surface area contributed by atoms with E-state index in [4.69, 9.17) is 15.2 Å². The Morgan fingerprint density at radius 3 is 2.88 bits per heavy atom. The van der Waals surface area contributed by atoms with Gasteiger partial charge < -0.3 is 15.2 Å². The predicted octanol–water partition coefficient (Wildman–Crippen LogP) is 2.58. The summed E-state index contributed by atoms with van der Waals surface area (Å²) < 4.78 is 12.1. The van der Waals surface area contributed by atoms with Crippen molar-refractivity contribution in [2.45, 2.75) is 19.4 Å². The van der Waals surface area contributed by atoms with Crippen LogP contribution in [-0.2, 0) is 4.74 Å². The molecular weight excluding hydrogens is 270 g/mol. The van der Waals surface area contributed by atoms with Crippen LogP contribution in [0, 0.1) is 0 Å². The van der Waals surface area contributed by atoms with Crippen LogP contribution in [0.2, 0.25) is 0 Å². The highest BCUT2D eigenvalue weighted by atomic mass is 79.9. The lowest BCUT2D eigenvalue weighted by atomic mass is 10.2. The van der Waals surface area contributed by atoms with Gasteiger partial charge in [-0.15, -0.1) is 0 Å². The van der Waals surface area contributed by atoms with Crippen LogP contribution in [0.15, 0.2) is 28.7 Å². The van der Waals surface area contributed by atoms with E-state index in [0.29, 0.717) is 19.8 Å². The lowest BCUT2D eigenvalue weighted by molar-refractivity contribution is 0.0527. The van der Waals surface area contributed by atoms with Crippen molar-refractivity contribution < 1.29 is 9.47 Å². The fourth-order valence-electron chi connectivity index (χ4n) is 1.37. The van der Waals surface area contributed by atoms with Gasteiger partial charge in [-0.2, -0.15) is 0 Å². The summed E-state index contributed by atoms with van der Waals surface area (Å²) in [7, 11) is 0. The smallest absolute Gasteiger partial charge is 0.120 e. The average Bonchev–Trinajstić information content (AvgIpc) is 2.28. The van der Waals surface area contributed by atoms with Gasteiger partial charge in [0.05, 0.1) is 12.7 Å². The molecule has 3 nitrogen and oxygen atoms in total. The summed E-state index contributed by atoms with van der Waals surface area (Å²) in [6.45, 7) is 3.82. The zero-order valence-electron chi connectivity index (χ0n) is 9.49. The Hall–Kier alpha value is -0.580. The van der Waals surface area contributed by atoms with Crippen LogP contribution >= 0.6 is 15.9 Å². The minimum atomic E-state index is 0.0946. The minimum Gasteiger partial charge on any atom is -0.493 e. The highest BCUT2D eigenvalue weighted by Gasteiger charge is 2.05. The summed E-state index contributed by atoms with van der Waals surface area (Å²) in [6.07, 6.45) is 0.911. The lowest BCUT2D eigenvalue weighted by Gasteiger charge is -2.15. The molecule has 1 rings (SSSR count). The molecule has 0 aliphatic rings. The van der Waals surface area contributed by atoms with Gasteiger partial charge in [0.25, 0.3) is 0 Å². The summed E-state index contributed by atoms with van der Waals surface area (Å²) in [5.41, 5.74) is 5.57. The minimum absolute atomic E-state index is 0.0946. The van der Waals surface area contributed by atoms with Crippen LogP contribution in [0.3, 0.4) is 0 Å². The van der Waals surface area contributed by atoms with Crippen LogP contribution in [-0.4, -0.2) is 25.9 Å². The fourth-order valence-corrected chi connectivity index (χ4v) is 1.75. The van der Waals surface area contributed by atoms with Crippen molar-refractivity contribution in [2.75, 3.05) is 19.8 Å². The molecule has 0 saturated carbocycles. The summed E-state index contributed by atoms with van der Waals surface area (Å²) in [4.78, 5) is 0. The molecule has 0 amide bonds. The molecule has 2 N–H and O–H groups in total. The Balaban J connectivity index is 2.29. The maximum absolute atomic E-state index is 5.60. The van der Waals surface area contributed by atoms with Crippen molar-refractivity contribution in [1.29, 1.82) is 0 Å². The number of benzene rings is 1. The van der Waals surface area contributed by atoms with Gasteiger partial charge in [0.2, 0.25) is 0 Å². The van der Waals surface area contributed by atoms with E-state index in [1.165, 1.54) is 0 Å². The van der Waals surface area contributed by atoms with E-state index < -0.39 is 0 Å². The first-order valence-electron chi connectivity index (χ1n) is 5.46. The average molecular weight is 288 g/mol. The molecule has 1 atom stereocenters. The van der Waals surface area contributed by atoms with Gasteiger partial charge in [0.15, 0.2) is 0 Å². The Morgan fingerprint density at radius 1 is 1.44 bits per heavy atom. The standard InChI is InChI=1S/C12H18BrNO2/c1-2-15-12(9-14)6-7-16-11-5-3-4-10(13)8-11/h3-5,8,12H,2,6-7,9,14H2,1H3. The van der Waals surface area contributed by atoms with E-state index >= 15 is 0 Å². The summed E-state index contributed by atoms with van der Waals surface area (Å²) >= 11 is 3.40. The quantitative estimate of drug-likeness (QED) is 0.838. The van der Waals surface area contributed by atoms with Crippen LogP contribution in [0.4, 0.5) is 0 Å². The van der Waals surface area contributed by atoms with Gasteiger partial charge in [0.1, 0.15) is 5.75 Å². The molecule has 0 aliphatic heterocycles.